The van der Waals surface area contributed by atoms with Gasteiger partial charge in [-0.2, -0.15) is 8.78 Å². The molecule has 1 aliphatic heterocycles. The lowest BCUT2D eigenvalue weighted by Gasteiger charge is -2.24. The van der Waals surface area contributed by atoms with Crippen LogP contribution in [0.15, 0.2) is 41.4 Å². The van der Waals surface area contributed by atoms with E-state index in [9.17, 15) is 17.6 Å². The van der Waals surface area contributed by atoms with Crippen molar-refractivity contribution in [2.45, 2.75) is 19.7 Å². The van der Waals surface area contributed by atoms with Gasteiger partial charge in [0.1, 0.15) is 17.3 Å². The molecule has 0 radical (unpaired) electrons. The predicted octanol–water partition coefficient (Wildman–Crippen LogP) is 4.24. The molecule has 0 bridgehead atoms. The normalized spacial score (nSPS) is 13.3. The third kappa shape index (κ3) is 3.61. The van der Waals surface area contributed by atoms with Gasteiger partial charge in [0.15, 0.2) is 5.82 Å². The van der Waals surface area contributed by atoms with Crippen LogP contribution in [0.1, 0.15) is 11.1 Å². The summed E-state index contributed by atoms with van der Waals surface area (Å²) in [5.41, 5.74) is 1.43. The second kappa shape index (κ2) is 6.28. The van der Waals surface area contributed by atoms with Crippen molar-refractivity contribution in [3.05, 3.63) is 59.2 Å². The summed E-state index contributed by atoms with van der Waals surface area (Å²) in [6.45, 7) is -2.13. The van der Waals surface area contributed by atoms with Gasteiger partial charge in [-0.15, -0.1) is 0 Å². The molecular formula is C16H12F4N2O. The van der Waals surface area contributed by atoms with Gasteiger partial charge in [-0.1, -0.05) is 12.1 Å². The van der Waals surface area contributed by atoms with Crippen LogP contribution in [0, 0.1) is 11.6 Å². The van der Waals surface area contributed by atoms with Crippen LogP contribution in [-0.2, 0) is 13.1 Å². The Labute approximate surface area is 129 Å². The summed E-state index contributed by atoms with van der Waals surface area (Å²) in [7, 11) is 0. The number of aliphatic imine (C=N–C) groups is 1. The van der Waals surface area contributed by atoms with Crippen molar-refractivity contribution in [1.29, 1.82) is 0 Å². The highest BCUT2D eigenvalue weighted by Crippen LogP contribution is 2.29. The zero-order valence-electron chi connectivity index (χ0n) is 11.8. The predicted molar refractivity (Wildman–Crippen MR) is 76.8 cm³/mol. The Balaban J connectivity index is 1.70. The van der Waals surface area contributed by atoms with E-state index < -0.39 is 18.2 Å². The molecule has 3 rings (SSSR count). The average molecular weight is 324 g/mol. The summed E-state index contributed by atoms with van der Waals surface area (Å²) in [5.74, 6) is -1.26. The lowest BCUT2D eigenvalue weighted by atomic mass is 10.1. The van der Waals surface area contributed by atoms with E-state index in [2.05, 4.69) is 9.73 Å². The van der Waals surface area contributed by atoms with Gasteiger partial charge in [0.05, 0.1) is 6.34 Å². The maximum atomic E-state index is 13.6. The first-order valence-corrected chi connectivity index (χ1v) is 6.81. The Morgan fingerprint density at radius 3 is 2.57 bits per heavy atom. The monoisotopic (exact) mass is 324 g/mol. The number of fused-ring (bicyclic) bond motifs is 1. The molecule has 0 saturated carbocycles. The highest BCUT2D eigenvalue weighted by molar-refractivity contribution is 5.67. The molecule has 2 aromatic rings. The number of rotatable bonds is 4. The zero-order valence-corrected chi connectivity index (χ0v) is 11.8. The maximum Gasteiger partial charge on any atom is 0.387 e. The molecule has 0 atom stereocenters. The molecule has 0 N–H and O–H groups in total. The van der Waals surface area contributed by atoms with Gasteiger partial charge >= 0.3 is 6.61 Å². The minimum absolute atomic E-state index is 0.0746. The van der Waals surface area contributed by atoms with Crippen LogP contribution in [0.2, 0.25) is 0 Å². The van der Waals surface area contributed by atoms with Crippen LogP contribution in [0.25, 0.3) is 0 Å². The van der Waals surface area contributed by atoms with Crippen LogP contribution < -0.4 is 4.74 Å². The molecule has 0 saturated heterocycles. The van der Waals surface area contributed by atoms with Crippen LogP contribution in [0.5, 0.6) is 5.75 Å². The fraction of sp³-hybridized carbons (Fsp3) is 0.188. The molecule has 0 unspecified atom stereocenters. The molecule has 0 aliphatic carbocycles. The summed E-state index contributed by atoms with van der Waals surface area (Å²) in [4.78, 5) is 5.77. The minimum atomic E-state index is -2.86. The fourth-order valence-corrected chi connectivity index (χ4v) is 2.39. The molecule has 0 fully saturated rings. The summed E-state index contributed by atoms with van der Waals surface area (Å²) in [5, 5.41) is 0. The van der Waals surface area contributed by atoms with Gasteiger partial charge in [0, 0.05) is 24.7 Å². The first kappa shape index (κ1) is 15.3. The van der Waals surface area contributed by atoms with E-state index in [0.717, 1.165) is 11.6 Å². The van der Waals surface area contributed by atoms with Crippen LogP contribution in [0.4, 0.5) is 23.2 Å². The molecule has 0 amide bonds. The zero-order chi connectivity index (χ0) is 16.4. The van der Waals surface area contributed by atoms with E-state index in [1.807, 2.05) is 0 Å². The molecule has 1 aliphatic rings. The van der Waals surface area contributed by atoms with E-state index in [1.54, 1.807) is 17.0 Å². The second-order valence-electron chi connectivity index (χ2n) is 5.07. The van der Waals surface area contributed by atoms with Crippen molar-refractivity contribution in [1.82, 2.24) is 4.90 Å². The summed E-state index contributed by atoms with van der Waals surface area (Å²) in [6, 6.07) is 8.22. The SMILES string of the molecule is Fc1cc(F)c2c(c1)CN(Cc1ccc(OC(F)F)cc1)C=N2. The van der Waals surface area contributed by atoms with E-state index in [4.69, 9.17) is 0 Å². The Kier molecular flexibility index (Phi) is 4.18. The molecule has 120 valence electrons. The topological polar surface area (TPSA) is 24.8 Å². The number of hydrogen-bond acceptors (Lipinski definition) is 3. The average Bonchev–Trinajstić information content (AvgIpc) is 2.48. The molecule has 23 heavy (non-hydrogen) atoms. The Hall–Kier alpha value is -2.57. The van der Waals surface area contributed by atoms with Crippen LogP contribution >= 0.6 is 0 Å². The van der Waals surface area contributed by atoms with Gasteiger partial charge in [-0.3, -0.25) is 0 Å². The van der Waals surface area contributed by atoms with Crippen molar-refractivity contribution in [2.75, 3.05) is 0 Å². The molecule has 1 heterocycles. The van der Waals surface area contributed by atoms with Gasteiger partial charge in [0.2, 0.25) is 0 Å². The van der Waals surface area contributed by atoms with Crippen LogP contribution in [-0.4, -0.2) is 17.8 Å². The van der Waals surface area contributed by atoms with Crippen molar-refractivity contribution >= 4 is 12.0 Å². The standard InChI is InChI=1S/C16H12F4N2O/c17-12-5-11-8-22(9-21-15(11)14(18)6-12)7-10-1-3-13(4-2-10)23-16(19)20/h1-6,9,16H,7-8H2. The van der Waals surface area contributed by atoms with Gasteiger partial charge in [-0.05, 0) is 23.8 Å². The van der Waals surface area contributed by atoms with E-state index >= 15 is 0 Å². The van der Waals surface area contributed by atoms with E-state index in [0.29, 0.717) is 18.7 Å². The number of nitrogens with zero attached hydrogens (tertiary/aromatic N) is 2. The van der Waals surface area contributed by atoms with Gasteiger partial charge in [-0.25, -0.2) is 13.8 Å². The lowest BCUT2D eigenvalue weighted by molar-refractivity contribution is -0.0498. The van der Waals surface area contributed by atoms with E-state index in [-0.39, 0.29) is 11.4 Å². The molecule has 7 heteroatoms. The maximum absolute atomic E-state index is 13.6. The molecular weight excluding hydrogens is 312 g/mol. The van der Waals surface area contributed by atoms with Crippen molar-refractivity contribution in [2.24, 2.45) is 4.99 Å². The number of ether oxygens (including phenoxy) is 1. The Bertz CT molecular complexity index is 732. The fourth-order valence-electron chi connectivity index (χ4n) is 2.39. The smallest absolute Gasteiger partial charge is 0.387 e. The van der Waals surface area contributed by atoms with Crippen LogP contribution in [0.3, 0.4) is 0 Å². The summed E-state index contributed by atoms with van der Waals surface area (Å²) in [6.07, 6.45) is 1.48. The lowest BCUT2D eigenvalue weighted by Crippen LogP contribution is -2.23. The summed E-state index contributed by atoms with van der Waals surface area (Å²) >= 11 is 0. The minimum Gasteiger partial charge on any atom is -0.435 e. The highest BCUT2D eigenvalue weighted by atomic mass is 19.3. The molecule has 2 aromatic carbocycles. The number of hydrogen-bond donors (Lipinski definition) is 0. The molecule has 0 aromatic heterocycles. The first-order valence-electron chi connectivity index (χ1n) is 6.81. The summed E-state index contributed by atoms with van der Waals surface area (Å²) < 4.78 is 55.3. The van der Waals surface area contributed by atoms with Gasteiger partial charge in [0.25, 0.3) is 0 Å². The van der Waals surface area contributed by atoms with Crippen molar-refractivity contribution in [3.63, 3.8) is 0 Å². The third-order valence-electron chi connectivity index (χ3n) is 3.36. The van der Waals surface area contributed by atoms with Gasteiger partial charge < -0.3 is 9.64 Å². The Morgan fingerprint density at radius 1 is 1.13 bits per heavy atom. The number of benzene rings is 2. The number of alkyl halides is 2. The van der Waals surface area contributed by atoms with E-state index in [1.165, 1.54) is 24.5 Å². The second-order valence-corrected chi connectivity index (χ2v) is 5.07. The molecule has 0 spiro atoms. The quantitative estimate of drug-likeness (QED) is 0.786. The number of halogens is 4. The molecule has 3 nitrogen and oxygen atoms in total. The third-order valence-corrected chi connectivity index (χ3v) is 3.36. The largest absolute Gasteiger partial charge is 0.435 e. The first-order chi connectivity index (χ1) is 11.0. The highest BCUT2D eigenvalue weighted by Gasteiger charge is 2.17. The Morgan fingerprint density at radius 2 is 1.87 bits per heavy atom. The van der Waals surface area contributed by atoms with Crippen molar-refractivity contribution < 1.29 is 22.3 Å². The van der Waals surface area contributed by atoms with Crippen molar-refractivity contribution in [3.8, 4) is 5.75 Å².